The van der Waals surface area contributed by atoms with E-state index < -0.39 is 6.10 Å². The van der Waals surface area contributed by atoms with Gasteiger partial charge in [0.1, 0.15) is 5.75 Å². The zero-order chi connectivity index (χ0) is 30.4. The number of aliphatic hydroxyl groups is 1. The van der Waals surface area contributed by atoms with Gasteiger partial charge in [-0.3, -0.25) is 9.59 Å². The highest BCUT2D eigenvalue weighted by atomic mass is 16.3. The summed E-state index contributed by atoms with van der Waals surface area (Å²) in [4.78, 5) is 27.3. The topological polar surface area (TPSA) is 114 Å². The molecular formula is C36H37N3O4. The number of hydrogen-bond donors (Lipinski definition) is 5. The Kier molecular flexibility index (Phi) is 9.04. The first-order valence-electron chi connectivity index (χ1n) is 14.5. The van der Waals surface area contributed by atoms with E-state index in [0.717, 1.165) is 17.5 Å². The molecule has 1 aromatic heterocycles. The number of phenolic OH excluding ortho intramolecular Hbond substituents is 1. The van der Waals surface area contributed by atoms with E-state index in [4.69, 9.17) is 0 Å². The van der Waals surface area contributed by atoms with Gasteiger partial charge in [-0.15, -0.1) is 0 Å². The summed E-state index contributed by atoms with van der Waals surface area (Å²) in [5, 5.41) is 28.2. The number of aliphatic hydroxyl groups excluding tert-OH is 1. The Balaban J connectivity index is 1.14. The number of nitrogens with one attached hydrogen (secondary N) is 3. The van der Waals surface area contributed by atoms with Crippen LogP contribution in [0.1, 0.15) is 47.0 Å². The Morgan fingerprint density at radius 2 is 1.60 bits per heavy atom. The number of phenols is 1. The van der Waals surface area contributed by atoms with Crippen molar-refractivity contribution in [2.75, 3.05) is 13.1 Å². The summed E-state index contributed by atoms with van der Waals surface area (Å²) in [5.41, 5.74) is 5.34. The van der Waals surface area contributed by atoms with Crippen LogP contribution in [0.2, 0.25) is 0 Å². The van der Waals surface area contributed by atoms with E-state index in [1.807, 2.05) is 56.3 Å². The number of amides is 1. The molecule has 1 heterocycles. The Morgan fingerprint density at radius 1 is 0.860 bits per heavy atom. The van der Waals surface area contributed by atoms with Gasteiger partial charge in [-0.1, -0.05) is 72.8 Å². The van der Waals surface area contributed by atoms with Crippen molar-refractivity contribution in [1.29, 1.82) is 0 Å². The van der Waals surface area contributed by atoms with E-state index in [2.05, 4.69) is 52.0 Å². The third-order valence-electron chi connectivity index (χ3n) is 7.64. The summed E-state index contributed by atoms with van der Waals surface area (Å²) in [6.07, 6.45) is 0.518. The van der Waals surface area contributed by atoms with Crippen molar-refractivity contribution in [2.45, 2.75) is 38.3 Å². The molecule has 43 heavy (non-hydrogen) atoms. The molecule has 0 fully saturated rings. The molecule has 220 valence electrons. The van der Waals surface area contributed by atoms with Gasteiger partial charge in [-0.25, -0.2) is 0 Å². The van der Waals surface area contributed by atoms with Crippen LogP contribution in [-0.2, 0) is 12.8 Å². The van der Waals surface area contributed by atoms with Crippen molar-refractivity contribution in [1.82, 2.24) is 15.6 Å². The first kappa shape index (κ1) is 29.8. The van der Waals surface area contributed by atoms with Gasteiger partial charge in [0.25, 0.3) is 5.91 Å². The van der Waals surface area contributed by atoms with Crippen molar-refractivity contribution in [3.05, 3.63) is 136 Å². The minimum absolute atomic E-state index is 0.0432. The summed E-state index contributed by atoms with van der Waals surface area (Å²) in [7, 11) is 0. The van der Waals surface area contributed by atoms with Crippen molar-refractivity contribution >= 4 is 16.8 Å². The highest BCUT2D eigenvalue weighted by Crippen LogP contribution is 2.29. The number of rotatable bonds is 11. The molecule has 1 atom stereocenters. The van der Waals surface area contributed by atoms with Gasteiger partial charge in [0, 0.05) is 35.6 Å². The zero-order valence-corrected chi connectivity index (χ0v) is 24.4. The van der Waals surface area contributed by atoms with Gasteiger partial charge in [0.15, 0.2) is 0 Å². The lowest BCUT2D eigenvalue weighted by Crippen LogP contribution is -2.43. The van der Waals surface area contributed by atoms with Crippen molar-refractivity contribution in [3.63, 3.8) is 0 Å². The molecule has 0 bridgehead atoms. The molecule has 0 aliphatic carbocycles. The fourth-order valence-electron chi connectivity index (χ4n) is 5.34. The van der Waals surface area contributed by atoms with Crippen LogP contribution in [0.15, 0.2) is 108 Å². The standard InChI is InChI=1S/C36H37N3O4/c1-36(2,38-23-32(41)29-15-17-31(40)34-30(29)16-18-33(42)39-34)22-25-7-6-10-28(21-25)35(43)37-20-19-24-11-13-27(14-12-24)26-8-4-3-5-9-26/h3-18,21,32,38,40-41H,19-20,22-23H2,1-2H3,(H,37,43)(H,39,42)/t32-/m0/s1. The highest BCUT2D eigenvalue weighted by Gasteiger charge is 2.22. The van der Waals surface area contributed by atoms with Crippen LogP contribution in [0.25, 0.3) is 22.0 Å². The lowest BCUT2D eigenvalue weighted by molar-refractivity contribution is 0.0954. The van der Waals surface area contributed by atoms with E-state index in [-0.39, 0.29) is 29.3 Å². The van der Waals surface area contributed by atoms with Crippen molar-refractivity contribution in [3.8, 4) is 16.9 Å². The maximum Gasteiger partial charge on any atom is 0.251 e. The molecule has 0 aliphatic heterocycles. The smallest absolute Gasteiger partial charge is 0.251 e. The molecule has 7 nitrogen and oxygen atoms in total. The van der Waals surface area contributed by atoms with Crippen LogP contribution >= 0.6 is 0 Å². The van der Waals surface area contributed by atoms with Gasteiger partial charge < -0.3 is 25.8 Å². The van der Waals surface area contributed by atoms with Crippen LogP contribution in [0, 0.1) is 0 Å². The van der Waals surface area contributed by atoms with Crippen LogP contribution in [-0.4, -0.2) is 39.7 Å². The second kappa shape index (κ2) is 13.1. The average molecular weight is 576 g/mol. The second-order valence-corrected chi connectivity index (χ2v) is 11.5. The predicted molar refractivity (Wildman–Crippen MR) is 171 cm³/mol. The highest BCUT2D eigenvalue weighted by molar-refractivity contribution is 5.94. The molecule has 0 aliphatic rings. The Hall–Kier alpha value is -4.72. The van der Waals surface area contributed by atoms with E-state index in [0.29, 0.717) is 35.0 Å². The number of benzene rings is 4. The first-order chi connectivity index (χ1) is 20.7. The molecule has 0 spiro atoms. The number of pyridine rings is 1. The molecule has 0 radical (unpaired) electrons. The minimum atomic E-state index is -0.861. The van der Waals surface area contributed by atoms with E-state index >= 15 is 0 Å². The van der Waals surface area contributed by atoms with Crippen molar-refractivity contribution in [2.24, 2.45) is 0 Å². The predicted octanol–water partition coefficient (Wildman–Crippen LogP) is 5.52. The Labute approximate surface area is 251 Å². The molecule has 0 unspecified atom stereocenters. The number of carbonyl (C=O) groups excluding carboxylic acids is 1. The largest absolute Gasteiger partial charge is 0.506 e. The molecule has 5 N–H and O–H groups in total. The number of carbonyl (C=O) groups is 1. The minimum Gasteiger partial charge on any atom is -0.506 e. The maximum atomic E-state index is 12.9. The first-order valence-corrected chi connectivity index (χ1v) is 14.5. The van der Waals surface area contributed by atoms with E-state index in [1.165, 1.54) is 23.3 Å². The molecule has 0 saturated carbocycles. The van der Waals surface area contributed by atoms with Crippen molar-refractivity contribution < 1.29 is 15.0 Å². The molecule has 7 heteroatoms. The van der Waals surface area contributed by atoms with E-state index in [9.17, 15) is 19.8 Å². The van der Waals surface area contributed by atoms with Crippen LogP contribution in [0.4, 0.5) is 0 Å². The van der Waals surface area contributed by atoms with Crippen LogP contribution in [0.3, 0.4) is 0 Å². The van der Waals surface area contributed by atoms with Crippen LogP contribution < -0.4 is 16.2 Å². The molecule has 1 amide bonds. The van der Waals surface area contributed by atoms with Gasteiger partial charge >= 0.3 is 0 Å². The second-order valence-electron chi connectivity index (χ2n) is 11.5. The summed E-state index contributed by atoms with van der Waals surface area (Å²) in [6.45, 7) is 4.89. The van der Waals surface area contributed by atoms with Gasteiger partial charge in [-0.2, -0.15) is 0 Å². The zero-order valence-electron chi connectivity index (χ0n) is 24.4. The summed E-state index contributed by atoms with van der Waals surface area (Å²) < 4.78 is 0. The molecule has 4 aromatic carbocycles. The lowest BCUT2D eigenvalue weighted by Gasteiger charge is -2.28. The Morgan fingerprint density at radius 3 is 2.37 bits per heavy atom. The quantitative estimate of drug-likeness (QED) is 0.142. The van der Waals surface area contributed by atoms with Gasteiger partial charge in [0.05, 0.1) is 11.6 Å². The Bertz CT molecular complexity index is 1760. The van der Waals surface area contributed by atoms with Crippen LogP contribution in [0.5, 0.6) is 5.75 Å². The third-order valence-corrected chi connectivity index (χ3v) is 7.64. The lowest BCUT2D eigenvalue weighted by atomic mass is 9.93. The molecular weight excluding hydrogens is 538 g/mol. The molecule has 5 aromatic rings. The fraction of sp³-hybridized carbons (Fsp3) is 0.222. The SMILES string of the molecule is CC(C)(Cc1cccc(C(=O)NCCc2ccc(-c3ccccc3)cc2)c1)NC[C@H](O)c1ccc(O)c2[nH]c(=O)ccc12. The van der Waals surface area contributed by atoms with Gasteiger partial charge in [-0.05, 0) is 78.8 Å². The number of β-amino-alcohol motifs (C(OH)–C–C–N with tert-alkyl or cyclic N) is 1. The number of aromatic hydroxyl groups is 1. The average Bonchev–Trinajstić information content (AvgIpc) is 3.01. The monoisotopic (exact) mass is 575 g/mol. The number of fused-ring (bicyclic) bond motifs is 1. The molecule has 0 saturated heterocycles. The normalized spacial score (nSPS) is 12.3. The third kappa shape index (κ3) is 7.57. The molecule has 5 rings (SSSR count). The number of aromatic nitrogens is 1. The summed E-state index contributed by atoms with van der Waals surface area (Å²) >= 11 is 0. The van der Waals surface area contributed by atoms with Gasteiger partial charge in [0.2, 0.25) is 5.56 Å². The number of aromatic amines is 1. The summed E-state index contributed by atoms with van der Waals surface area (Å²) in [6, 6.07) is 32.4. The number of hydrogen-bond acceptors (Lipinski definition) is 5. The summed E-state index contributed by atoms with van der Waals surface area (Å²) in [5.74, 6) is -0.153. The maximum absolute atomic E-state index is 12.9. The number of H-pyrrole nitrogens is 1. The van der Waals surface area contributed by atoms with E-state index in [1.54, 1.807) is 12.1 Å². The fourth-order valence-corrected chi connectivity index (χ4v) is 5.34.